The molecule has 0 aromatic heterocycles. The van der Waals surface area contributed by atoms with E-state index in [2.05, 4.69) is 54.5 Å². The van der Waals surface area contributed by atoms with Crippen LogP contribution in [0.5, 0.6) is 5.75 Å². The monoisotopic (exact) mass is 346 g/mol. The van der Waals surface area contributed by atoms with E-state index in [0.717, 1.165) is 23.6 Å². The molecule has 2 heteroatoms. The Kier molecular flexibility index (Phi) is 5.54. The molecule has 0 heterocycles. The number of methoxy groups -OCH3 is 1. The van der Waals surface area contributed by atoms with Crippen LogP contribution in [-0.2, 0) is 11.8 Å². The fraction of sp³-hybridized carbons (Fsp3) is 0.545. The maximum Gasteiger partial charge on any atom is 0.125 e. The van der Waals surface area contributed by atoms with Gasteiger partial charge in [0.1, 0.15) is 5.75 Å². The lowest BCUT2D eigenvalue weighted by Crippen LogP contribution is -2.14. The second-order valence-corrected chi connectivity index (χ2v) is 8.51. The molecule has 1 aliphatic rings. The van der Waals surface area contributed by atoms with E-state index >= 15 is 0 Å². The van der Waals surface area contributed by atoms with Crippen molar-refractivity contribution in [2.24, 2.45) is 5.92 Å². The summed E-state index contributed by atoms with van der Waals surface area (Å²) in [5, 5.41) is 0.798. The molecular weight excluding hydrogens is 316 g/mol. The molecule has 24 heavy (non-hydrogen) atoms. The van der Waals surface area contributed by atoms with Gasteiger partial charge >= 0.3 is 0 Å². The quantitative estimate of drug-likeness (QED) is 0.577. The number of halogens is 1. The zero-order chi connectivity index (χ0) is 18.2. The molecular formula is C22H31ClO. The van der Waals surface area contributed by atoms with E-state index in [-0.39, 0.29) is 5.41 Å². The molecule has 0 amide bonds. The first-order valence-electron chi connectivity index (χ1n) is 8.82. The Labute approximate surface area is 152 Å². The first kappa shape index (κ1) is 19.1. The Hall–Kier alpha value is -1.21. The van der Waals surface area contributed by atoms with Crippen LogP contribution >= 0.6 is 11.6 Å². The Morgan fingerprint density at radius 2 is 1.67 bits per heavy atom. The molecule has 1 nitrogen and oxygen atoms in total. The highest BCUT2D eigenvalue weighted by molar-refractivity contribution is 6.30. The first-order valence-corrected chi connectivity index (χ1v) is 9.20. The lowest BCUT2D eigenvalue weighted by Gasteiger charge is -2.25. The van der Waals surface area contributed by atoms with Crippen LogP contribution in [0, 0.1) is 5.92 Å². The van der Waals surface area contributed by atoms with Crippen molar-refractivity contribution in [3.8, 4) is 5.75 Å². The summed E-state index contributed by atoms with van der Waals surface area (Å²) in [6, 6.07) is 4.11. The molecule has 0 spiro atoms. The third-order valence-corrected chi connectivity index (χ3v) is 5.83. The minimum absolute atomic E-state index is 0.00948. The minimum atomic E-state index is 0.00948. The van der Waals surface area contributed by atoms with Gasteiger partial charge in [-0.25, -0.2) is 0 Å². The van der Waals surface area contributed by atoms with E-state index in [0.29, 0.717) is 5.92 Å². The molecule has 2 rings (SSSR count). The van der Waals surface area contributed by atoms with E-state index in [1.54, 1.807) is 12.7 Å². The van der Waals surface area contributed by atoms with Gasteiger partial charge in [-0.15, -0.1) is 0 Å². The van der Waals surface area contributed by atoms with E-state index in [9.17, 15) is 0 Å². The van der Waals surface area contributed by atoms with Crippen LogP contribution in [0.3, 0.4) is 0 Å². The zero-order valence-corrected chi connectivity index (χ0v) is 17.2. The molecule has 1 aromatic carbocycles. The standard InChI is InChI=1S/C22H31ClO/c1-13-14(2)16(4)19(15(13)3)10-9-17-11-18(23)12-20(21(17)24-8)22(5,6)7/h11-12,15H,9-10H2,1-8H3. The summed E-state index contributed by atoms with van der Waals surface area (Å²) in [6.07, 6.45) is 2.02. The summed E-state index contributed by atoms with van der Waals surface area (Å²) in [5.41, 5.74) is 8.41. The van der Waals surface area contributed by atoms with Gasteiger partial charge in [0.2, 0.25) is 0 Å². The predicted octanol–water partition coefficient (Wildman–Crippen LogP) is 6.88. The maximum absolute atomic E-state index is 6.41. The van der Waals surface area contributed by atoms with Crippen LogP contribution in [0.4, 0.5) is 0 Å². The van der Waals surface area contributed by atoms with Crippen molar-refractivity contribution in [1.29, 1.82) is 0 Å². The fourth-order valence-corrected chi connectivity index (χ4v) is 4.00. The molecule has 0 aliphatic heterocycles. The van der Waals surface area contributed by atoms with Gasteiger partial charge in [-0.2, -0.15) is 0 Å². The Morgan fingerprint density at radius 3 is 2.12 bits per heavy atom. The second-order valence-electron chi connectivity index (χ2n) is 8.08. The number of hydrogen-bond acceptors (Lipinski definition) is 1. The van der Waals surface area contributed by atoms with Crippen molar-refractivity contribution in [2.75, 3.05) is 7.11 Å². The molecule has 132 valence electrons. The smallest absolute Gasteiger partial charge is 0.125 e. The van der Waals surface area contributed by atoms with Crippen LogP contribution < -0.4 is 4.74 Å². The number of benzene rings is 1. The van der Waals surface area contributed by atoms with Gasteiger partial charge in [-0.1, -0.05) is 50.4 Å². The molecule has 0 fully saturated rings. The third-order valence-electron chi connectivity index (χ3n) is 5.61. The van der Waals surface area contributed by atoms with Crippen LogP contribution in [0.15, 0.2) is 34.4 Å². The number of rotatable bonds is 4. The highest BCUT2D eigenvalue weighted by Gasteiger charge is 2.25. The van der Waals surface area contributed by atoms with E-state index < -0.39 is 0 Å². The predicted molar refractivity (Wildman–Crippen MR) is 105 cm³/mol. The number of hydrogen-bond donors (Lipinski definition) is 0. The second kappa shape index (κ2) is 6.96. The highest BCUT2D eigenvalue weighted by atomic mass is 35.5. The summed E-state index contributed by atoms with van der Waals surface area (Å²) in [4.78, 5) is 0. The summed E-state index contributed by atoms with van der Waals surface area (Å²) in [6.45, 7) is 15.7. The van der Waals surface area contributed by atoms with Crippen LogP contribution in [0.2, 0.25) is 5.02 Å². The highest BCUT2D eigenvalue weighted by Crippen LogP contribution is 2.41. The Morgan fingerprint density at radius 1 is 1.04 bits per heavy atom. The van der Waals surface area contributed by atoms with Gasteiger partial charge in [0.25, 0.3) is 0 Å². The first-order chi connectivity index (χ1) is 11.1. The van der Waals surface area contributed by atoms with Crippen LogP contribution in [0.25, 0.3) is 0 Å². The van der Waals surface area contributed by atoms with Gasteiger partial charge in [0.15, 0.2) is 0 Å². The Balaban J connectivity index is 2.34. The number of aryl methyl sites for hydroxylation is 1. The van der Waals surface area contributed by atoms with E-state index in [1.807, 2.05) is 6.07 Å². The fourth-order valence-electron chi connectivity index (χ4n) is 3.75. The summed E-state index contributed by atoms with van der Waals surface area (Å²) >= 11 is 6.41. The molecule has 1 atom stereocenters. The van der Waals surface area contributed by atoms with Crippen LogP contribution in [0.1, 0.15) is 66.0 Å². The van der Waals surface area contributed by atoms with Gasteiger partial charge in [0, 0.05) is 10.6 Å². The van der Waals surface area contributed by atoms with E-state index in [1.165, 1.54) is 27.8 Å². The zero-order valence-electron chi connectivity index (χ0n) is 16.4. The maximum atomic E-state index is 6.41. The lowest BCUT2D eigenvalue weighted by atomic mass is 9.84. The average molecular weight is 347 g/mol. The van der Waals surface area contributed by atoms with Gasteiger partial charge < -0.3 is 4.74 Å². The van der Waals surface area contributed by atoms with Crippen molar-refractivity contribution in [3.63, 3.8) is 0 Å². The molecule has 0 N–H and O–H groups in total. The van der Waals surface area contributed by atoms with Crippen molar-refractivity contribution in [1.82, 2.24) is 0 Å². The largest absolute Gasteiger partial charge is 0.496 e. The van der Waals surface area contributed by atoms with Crippen LogP contribution in [-0.4, -0.2) is 7.11 Å². The van der Waals surface area contributed by atoms with Gasteiger partial charge in [0.05, 0.1) is 7.11 Å². The normalized spacial score (nSPS) is 18.6. The summed E-state index contributed by atoms with van der Waals surface area (Å²) < 4.78 is 5.78. The molecule has 0 saturated carbocycles. The molecule has 0 saturated heterocycles. The lowest BCUT2D eigenvalue weighted by molar-refractivity contribution is 0.392. The number of ether oxygens (including phenoxy) is 1. The summed E-state index contributed by atoms with van der Waals surface area (Å²) in [7, 11) is 1.76. The molecule has 1 aliphatic carbocycles. The van der Waals surface area contributed by atoms with Crippen molar-refractivity contribution in [3.05, 3.63) is 50.6 Å². The molecule has 0 bridgehead atoms. The number of allylic oxidation sites excluding steroid dienone is 4. The Bertz CT molecular complexity index is 701. The molecule has 1 unspecified atom stereocenters. The average Bonchev–Trinajstić information content (AvgIpc) is 2.68. The van der Waals surface area contributed by atoms with Crippen molar-refractivity contribution < 1.29 is 4.74 Å². The molecule has 1 aromatic rings. The topological polar surface area (TPSA) is 9.23 Å². The SMILES string of the molecule is COc1c(CCC2=C(C)C(C)=C(C)C2C)cc(Cl)cc1C(C)(C)C. The third kappa shape index (κ3) is 3.57. The summed E-state index contributed by atoms with van der Waals surface area (Å²) in [5.74, 6) is 1.55. The minimum Gasteiger partial charge on any atom is -0.496 e. The van der Waals surface area contributed by atoms with Gasteiger partial charge in [-0.3, -0.25) is 0 Å². The van der Waals surface area contributed by atoms with Crippen molar-refractivity contribution >= 4 is 11.6 Å². The van der Waals surface area contributed by atoms with Gasteiger partial charge in [-0.05, 0) is 73.8 Å². The van der Waals surface area contributed by atoms with Crippen molar-refractivity contribution in [2.45, 2.75) is 66.7 Å². The molecule has 0 radical (unpaired) electrons. The van der Waals surface area contributed by atoms with E-state index in [4.69, 9.17) is 16.3 Å².